The zero-order valence-corrected chi connectivity index (χ0v) is 12.0. The average molecular weight is 302 g/mol. The number of amides is 1. The SMILES string of the molecule is O=C(NCCc1cc2ccccc2[nH]1)[C@@H]1CC[C@H](C(=O)O)O1. The molecule has 1 aromatic carbocycles. The maximum absolute atomic E-state index is 11.9. The van der Waals surface area contributed by atoms with Gasteiger partial charge in [-0.1, -0.05) is 18.2 Å². The number of aliphatic carboxylic acids is 1. The van der Waals surface area contributed by atoms with E-state index in [0.717, 1.165) is 16.6 Å². The van der Waals surface area contributed by atoms with Crippen molar-refractivity contribution in [1.29, 1.82) is 0 Å². The molecule has 1 aromatic heterocycles. The zero-order valence-electron chi connectivity index (χ0n) is 12.0. The van der Waals surface area contributed by atoms with E-state index in [9.17, 15) is 9.59 Å². The van der Waals surface area contributed by atoms with E-state index < -0.39 is 18.2 Å². The Hall–Kier alpha value is -2.34. The lowest BCUT2D eigenvalue weighted by atomic mass is 10.2. The van der Waals surface area contributed by atoms with Crippen LogP contribution in [0.4, 0.5) is 0 Å². The molecule has 0 radical (unpaired) electrons. The van der Waals surface area contributed by atoms with Crippen molar-refractivity contribution in [3.8, 4) is 0 Å². The van der Waals surface area contributed by atoms with Crippen molar-refractivity contribution in [2.24, 2.45) is 0 Å². The molecule has 0 aliphatic carbocycles. The molecule has 0 unspecified atom stereocenters. The summed E-state index contributed by atoms with van der Waals surface area (Å²) in [4.78, 5) is 26.0. The number of benzene rings is 1. The fourth-order valence-corrected chi connectivity index (χ4v) is 2.71. The molecule has 0 bridgehead atoms. The van der Waals surface area contributed by atoms with Crippen LogP contribution in [0.2, 0.25) is 0 Å². The second kappa shape index (κ2) is 6.19. The molecule has 1 aliphatic rings. The molecule has 0 spiro atoms. The number of fused-ring (bicyclic) bond motifs is 1. The third-order valence-electron chi connectivity index (χ3n) is 3.87. The highest BCUT2D eigenvalue weighted by Gasteiger charge is 2.34. The Labute approximate surface area is 127 Å². The minimum atomic E-state index is -1.01. The number of carboxylic acid groups (broad SMARTS) is 1. The number of carboxylic acids is 1. The molecule has 2 aromatic rings. The van der Waals surface area contributed by atoms with Crippen LogP contribution in [-0.2, 0) is 20.7 Å². The van der Waals surface area contributed by atoms with Crippen molar-refractivity contribution < 1.29 is 19.4 Å². The topological polar surface area (TPSA) is 91.4 Å². The summed E-state index contributed by atoms with van der Waals surface area (Å²) in [5.74, 6) is -1.24. The Morgan fingerprint density at radius 2 is 2.05 bits per heavy atom. The Kier molecular flexibility index (Phi) is 4.11. The van der Waals surface area contributed by atoms with Crippen molar-refractivity contribution in [2.75, 3.05) is 6.54 Å². The number of ether oxygens (including phenoxy) is 1. The van der Waals surface area contributed by atoms with Crippen molar-refractivity contribution in [3.63, 3.8) is 0 Å². The largest absolute Gasteiger partial charge is 0.479 e. The summed E-state index contributed by atoms with van der Waals surface area (Å²) in [7, 11) is 0. The summed E-state index contributed by atoms with van der Waals surface area (Å²) in [5, 5.41) is 12.8. The molecule has 6 nitrogen and oxygen atoms in total. The molecule has 3 N–H and O–H groups in total. The van der Waals surface area contributed by atoms with Gasteiger partial charge in [0.2, 0.25) is 5.91 Å². The summed E-state index contributed by atoms with van der Waals surface area (Å²) in [6.45, 7) is 0.489. The number of hydrogen-bond donors (Lipinski definition) is 3. The van der Waals surface area contributed by atoms with Gasteiger partial charge in [0.1, 0.15) is 6.10 Å². The van der Waals surface area contributed by atoms with Crippen LogP contribution in [0.1, 0.15) is 18.5 Å². The smallest absolute Gasteiger partial charge is 0.332 e. The van der Waals surface area contributed by atoms with Gasteiger partial charge in [0.25, 0.3) is 0 Å². The first-order chi connectivity index (χ1) is 10.6. The summed E-state index contributed by atoms with van der Waals surface area (Å²) in [5.41, 5.74) is 2.13. The monoisotopic (exact) mass is 302 g/mol. The summed E-state index contributed by atoms with van der Waals surface area (Å²) in [6, 6.07) is 10.1. The standard InChI is InChI=1S/C16H18N2O4/c19-15(13-5-6-14(22-13)16(20)21)17-8-7-11-9-10-3-1-2-4-12(10)18-11/h1-4,9,13-14,18H,5-8H2,(H,17,19)(H,20,21)/t13-,14+/m0/s1. The summed E-state index contributed by atoms with van der Waals surface area (Å²) < 4.78 is 5.22. The number of aromatic nitrogens is 1. The minimum absolute atomic E-state index is 0.236. The van der Waals surface area contributed by atoms with E-state index in [4.69, 9.17) is 9.84 Å². The van der Waals surface area contributed by atoms with Crippen LogP contribution in [-0.4, -0.2) is 40.7 Å². The van der Waals surface area contributed by atoms with E-state index >= 15 is 0 Å². The maximum Gasteiger partial charge on any atom is 0.332 e. The second-order valence-electron chi connectivity index (χ2n) is 5.45. The molecule has 1 fully saturated rings. The average Bonchev–Trinajstić information content (AvgIpc) is 3.13. The van der Waals surface area contributed by atoms with E-state index in [0.29, 0.717) is 25.8 Å². The van der Waals surface area contributed by atoms with Crippen LogP contribution in [0.5, 0.6) is 0 Å². The molecule has 2 heterocycles. The van der Waals surface area contributed by atoms with Gasteiger partial charge in [0.05, 0.1) is 0 Å². The minimum Gasteiger partial charge on any atom is -0.479 e. The van der Waals surface area contributed by atoms with Crippen molar-refractivity contribution >= 4 is 22.8 Å². The van der Waals surface area contributed by atoms with E-state index in [1.807, 2.05) is 24.3 Å². The van der Waals surface area contributed by atoms with Gasteiger partial charge in [-0.2, -0.15) is 0 Å². The lowest BCUT2D eigenvalue weighted by molar-refractivity contribution is -0.151. The lowest BCUT2D eigenvalue weighted by Crippen LogP contribution is -2.36. The molecule has 2 atom stereocenters. The molecule has 1 aliphatic heterocycles. The summed E-state index contributed by atoms with van der Waals surface area (Å²) >= 11 is 0. The number of hydrogen-bond acceptors (Lipinski definition) is 3. The van der Waals surface area contributed by atoms with Crippen molar-refractivity contribution in [2.45, 2.75) is 31.5 Å². The second-order valence-corrected chi connectivity index (χ2v) is 5.45. The Bertz CT molecular complexity index is 661. The number of para-hydroxylation sites is 1. The van der Waals surface area contributed by atoms with Crippen molar-refractivity contribution in [3.05, 3.63) is 36.0 Å². The maximum atomic E-state index is 11.9. The number of aromatic amines is 1. The normalized spacial score (nSPS) is 21.1. The molecular formula is C16H18N2O4. The van der Waals surface area contributed by atoms with Crippen LogP contribution in [0, 0.1) is 0 Å². The van der Waals surface area contributed by atoms with E-state index in [1.54, 1.807) is 0 Å². The van der Waals surface area contributed by atoms with Gasteiger partial charge >= 0.3 is 5.97 Å². The van der Waals surface area contributed by atoms with Crippen LogP contribution in [0.25, 0.3) is 10.9 Å². The van der Waals surface area contributed by atoms with Crippen molar-refractivity contribution in [1.82, 2.24) is 10.3 Å². The van der Waals surface area contributed by atoms with Gasteiger partial charge in [0.15, 0.2) is 6.10 Å². The molecule has 6 heteroatoms. The van der Waals surface area contributed by atoms with Gasteiger partial charge in [-0.25, -0.2) is 4.79 Å². The first-order valence-corrected chi connectivity index (χ1v) is 7.36. The predicted molar refractivity (Wildman–Crippen MR) is 80.5 cm³/mol. The Morgan fingerprint density at radius 1 is 1.27 bits per heavy atom. The fraction of sp³-hybridized carbons (Fsp3) is 0.375. The van der Waals surface area contributed by atoms with Crippen LogP contribution >= 0.6 is 0 Å². The van der Waals surface area contributed by atoms with Gasteiger partial charge in [-0.05, 0) is 30.4 Å². The quantitative estimate of drug-likeness (QED) is 0.779. The molecule has 1 amide bonds. The Morgan fingerprint density at radius 3 is 2.77 bits per heavy atom. The Balaban J connectivity index is 1.48. The first-order valence-electron chi connectivity index (χ1n) is 7.36. The van der Waals surface area contributed by atoms with E-state index in [-0.39, 0.29) is 5.91 Å². The fourth-order valence-electron chi connectivity index (χ4n) is 2.71. The number of rotatable bonds is 5. The third kappa shape index (κ3) is 3.12. The number of carbonyl (C=O) groups is 2. The highest BCUT2D eigenvalue weighted by atomic mass is 16.5. The van der Waals surface area contributed by atoms with Gasteiger partial charge in [-0.3, -0.25) is 4.79 Å². The highest BCUT2D eigenvalue weighted by Crippen LogP contribution is 2.20. The molecule has 3 rings (SSSR count). The molecule has 1 saturated heterocycles. The van der Waals surface area contributed by atoms with Gasteiger partial charge in [-0.15, -0.1) is 0 Å². The number of H-pyrrole nitrogens is 1. The number of carbonyl (C=O) groups excluding carboxylic acids is 1. The predicted octanol–water partition coefficient (Wildman–Crippen LogP) is 1.46. The van der Waals surface area contributed by atoms with Gasteiger partial charge in [0, 0.05) is 24.2 Å². The number of nitrogens with one attached hydrogen (secondary N) is 2. The lowest BCUT2D eigenvalue weighted by Gasteiger charge is -2.11. The summed E-state index contributed by atoms with van der Waals surface area (Å²) in [6.07, 6.45) is 0.0217. The van der Waals surface area contributed by atoms with Crippen LogP contribution < -0.4 is 5.32 Å². The molecule has 116 valence electrons. The molecule has 0 saturated carbocycles. The zero-order chi connectivity index (χ0) is 15.5. The van der Waals surface area contributed by atoms with E-state index in [1.165, 1.54) is 0 Å². The molecular weight excluding hydrogens is 284 g/mol. The third-order valence-corrected chi connectivity index (χ3v) is 3.87. The molecule has 22 heavy (non-hydrogen) atoms. The highest BCUT2D eigenvalue weighted by molar-refractivity contribution is 5.83. The van der Waals surface area contributed by atoms with Crippen LogP contribution in [0.3, 0.4) is 0 Å². The van der Waals surface area contributed by atoms with Gasteiger partial charge < -0.3 is 20.1 Å². The van der Waals surface area contributed by atoms with Crippen LogP contribution in [0.15, 0.2) is 30.3 Å². The first kappa shape index (κ1) is 14.6. The van der Waals surface area contributed by atoms with E-state index in [2.05, 4.69) is 16.4 Å².